The van der Waals surface area contributed by atoms with E-state index in [-0.39, 0.29) is 0 Å². The van der Waals surface area contributed by atoms with E-state index in [1.807, 2.05) is 0 Å². The Balaban J connectivity index is 3.38. The smallest absolute Gasteiger partial charge is 0.383 e. The molecule has 0 aromatic rings. The molecule has 0 radical (unpaired) electrons. The molecule has 112 valence electrons. The zero-order valence-electron chi connectivity index (χ0n) is 9.40. The molecule has 0 spiro atoms. The quantitative estimate of drug-likeness (QED) is 0.396. The highest BCUT2D eigenvalue weighted by atomic mass is 31.3. The summed E-state index contributed by atoms with van der Waals surface area (Å²) in [6.45, 7) is 5.80. The van der Waals surface area contributed by atoms with Gasteiger partial charge in [-0.2, -0.15) is 0 Å². The lowest BCUT2D eigenvalue weighted by Crippen LogP contribution is -1.98. The second kappa shape index (κ2) is 5.68. The van der Waals surface area contributed by atoms with E-state index < -0.39 is 35.3 Å². The number of hydrogen-bond acceptors (Lipinski definition) is 7. The molecule has 1 heterocycles. The Morgan fingerprint density at radius 2 is 1.25 bits per heavy atom. The first-order valence-electron chi connectivity index (χ1n) is 4.45. The van der Waals surface area contributed by atoms with Gasteiger partial charge in [0.15, 0.2) is 0 Å². The topological polar surface area (TPSA) is 89.7 Å². The highest BCUT2D eigenvalue weighted by Crippen LogP contribution is 2.81. The van der Waals surface area contributed by atoms with Crippen LogP contribution in [0.1, 0.15) is 0 Å². The minimum atomic E-state index is -5.83. The Morgan fingerprint density at radius 1 is 0.850 bits per heavy atom. The molecule has 0 saturated heterocycles. The van der Waals surface area contributed by atoms with Crippen molar-refractivity contribution in [1.82, 2.24) is 0 Å². The van der Waals surface area contributed by atoms with Gasteiger partial charge in [0.25, 0.3) is 0 Å². The summed E-state index contributed by atoms with van der Waals surface area (Å²) >= 11 is 0. The second-order valence-corrected chi connectivity index (χ2v) is 8.21. The fraction of sp³-hybridized carbons (Fsp3) is 0. The average molecular weight is 353 g/mol. The molecular formula is C6H6F4N3O4P3. The normalized spacial score (nSPS) is 30.8. The van der Waals surface area contributed by atoms with Gasteiger partial charge in [0, 0.05) is 12.2 Å². The zero-order valence-corrected chi connectivity index (χ0v) is 12.1. The maximum atomic E-state index is 13.9. The van der Waals surface area contributed by atoms with Gasteiger partial charge in [0.1, 0.15) is 0 Å². The Kier molecular flexibility index (Phi) is 4.79. The standard InChI is InChI=1S/C6H6F4N3O4P3/c1-3-5(14)16-19(9)11-18(7,8)12-20(10,13-19)17-6(15)4-2/h3-4H,1-2H2. The molecule has 0 amide bonds. The first-order chi connectivity index (χ1) is 9.03. The maximum absolute atomic E-state index is 13.9. The van der Waals surface area contributed by atoms with E-state index in [2.05, 4.69) is 35.8 Å². The summed E-state index contributed by atoms with van der Waals surface area (Å²) in [6, 6.07) is 0. The van der Waals surface area contributed by atoms with Gasteiger partial charge in [-0.1, -0.05) is 13.2 Å². The van der Waals surface area contributed by atoms with Crippen LogP contribution in [0.25, 0.3) is 0 Å². The van der Waals surface area contributed by atoms with Crippen molar-refractivity contribution in [1.29, 1.82) is 0 Å². The lowest BCUT2D eigenvalue weighted by molar-refractivity contribution is -0.129. The van der Waals surface area contributed by atoms with Crippen LogP contribution in [0.4, 0.5) is 16.8 Å². The monoisotopic (exact) mass is 353 g/mol. The minimum Gasteiger partial charge on any atom is -0.383 e. The SMILES string of the molecule is C=CC(=O)OP1(F)=NP(F)(F)=NP(F)(OC(=O)C=C)=N1. The Labute approximate surface area is 110 Å². The molecule has 0 aromatic heterocycles. The summed E-state index contributed by atoms with van der Waals surface area (Å²) < 4.78 is 68.9. The molecule has 0 aliphatic carbocycles. The van der Waals surface area contributed by atoms with E-state index in [0.717, 1.165) is 0 Å². The van der Waals surface area contributed by atoms with E-state index in [4.69, 9.17) is 0 Å². The maximum Gasteiger partial charge on any atom is 0.444 e. The van der Waals surface area contributed by atoms with Crippen molar-refractivity contribution < 1.29 is 35.4 Å². The molecular weight excluding hydrogens is 347 g/mol. The largest absolute Gasteiger partial charge is 0.444 e. The van der Waals surface area contributed by atoms with Gasteiger partial charge in [-0.15, -0.1) is 30.3 Å². The number of carbonyl (C=O) groups is 2. The van der Waals surface area contributed by atoms with Crippen LogP contribution >= 0.6 is 23.3 Å². The van der Waals surface area contributed by atoms with Crippen LogP contribution in [0.3, 0.4) is 0 Å². The van der Waals surface area contributed by atoms with E-state index in [0.29, 0.717) is 12.2 Å². The van der Waals surface area contributed by atoms with Crippen LogP contribution in [0, 0.1) is 0 Å². The predicted molar refractivity (Wildman–Crippen MR) is 65.1 cm³/mol. The van der Waals surface area contributed by atoms with Crippen LogP contribution in [0.5, 0.6) is 0 Å². The zero-order chi connectivity index (χ0) is 15.6. The molecule has 2 unspecified atom stereocenters. The first-order valence-corrected chi connectivity index (χ1v) is 8.93. The number of rotatable bonds is 4. The molecule has 1 aliphatic heterocycles. The molecule has 0 saturated carbocycles. The summed E-state index contributed by atoms with van der Waals surface area (Å²) in [5.74, 6) is -2.95. The molecule has 1 rings (SSSR count). The van der Waals surface area contributed by atoms with Crippen LogP contribution in [-0.4, -0.2) is 11.9 Å². The van der Waals surface area contributed by atoms with Gasteiger partial charge in [-0.3, -0.25) is 0 Å². The second-order valence-electron chi connectivity index (χ2n) is 2.90. The van der Waals surface area contributed by atoms with E-state index in [9.17, 15) is 26.4 Å². The van der Waals surface area contributed by atoms with Crippen LogP contribution in [0.15, 0.2) is 38.9 Å². The molecule has 1 aliphatic rings. The van der Waals surface area contributed by atoms with Crippen LogP contribution < -0.4 is 0 Å². The van der Waals surface area contributed by atoms with Gasteiger partial charge in [-0.25, -0.2) is 9.59 Å². The third-order valence-electron chi connectivity index (χ3n) is 1.40. The summed E-state index contributed by atoms with van der Waals surface area (Å²) in [4.78, 5) is 21.6. The predicted octanol–water partition coefficient (Wildman–Crippen LogP) is 5.18. The minimum absolute atomic E-state index is 0.447. The van der Waals surface area contributed by atoms with E-state index in [1.54, 1.807) is 0 Å². The summed E-state index contributed by atoms with van der Waals surface area (Å²) in [6.07, 6.45) is 0.894. The number of carbonyl (C=O) groups excluding carboxylic acids is 2. The Hall–Kier alpha value is -1.17. The highest BCUT2D eigenvalue weighted by molar-refractivity contribution is 7.78. The van der Waals surface area contributed by atoms with Gasteiger partial charge >= 0.3 is 35.3 Å². The van der Waals surface area contributed by atoms with E-state index in [1.165, 1.54) is 0 Å². The number of halogens is 4. The third kappa shape index (κ3) is 4.44. The van der Waals surface area contributed by atoms with Crippen molar-refractivity contribution in [2.45, 2.75) is 0 Å². The summed E-state index contributed by atoms with van der Waals surface area (Å²) in [5, 5.41) is 0. The van der Waals surface area contributed by atoms with Crippen molar-refractivity contribution in [2.75, 3.05) is 0 Å². The highest BCUT2D eigenvalue weighted by Gasteiger charge is 2.43. The number of hydrogen-bond donors (Lipinski definition) is 0. The summed E-state index contributed by atoms with van der Waals surface area (Å²) in [7, 11) is -16.5. The van der Waals surface area contributed by atoms with Crippen molar-refractivity contribution in [2.24, 2.45) is 13.5 Å². The fourth-order valence-electron chi connectivity index (χ4n) is 0.832. The fourth-order valence-corrected chi connectivity index (χ4v) is 6.63. The van der Waals surface area contributed by atoms with Crippen molar-refractivity contribution in [3.05, 3.63) is 25.3 Å². The molecule has 20 heavy (non-hydrogen) atoms. The van der Waals surface area contributed by atoms with Gasteiger partial charge in [0.05, 0.1) is 0 Å². The van der Waals surface area contributed by atoms with Crippen molar-refractivity contribution in [3.8, 4) is 0 Å². The molecule has 0 bridgehead atoms. The Bertz CT molecular complexity index is 626. The third-order valence-corrected chi connectivity index (χ3v) is 7.48. The van der Waals surface area contributed by atoms with Gasteiger partial charge < -0.3 is 9.05 Å². The van der Waals surface area contributed by atoms with Crippen molar-refractivity contribution >= 4 is 35.3 Å². The molecule has 7 nitrogen and oxygen atoms in total. The summed E-state index contributed by atoms with van der Waals surface area (Å²) in [5.41, 5.74) is 0. The lowest BCUT2D eigenvalue weighted by atomic mass is 10.7. The molecule has 0 N–H and O–H groups in total. The lowest BCUT2D eigenvalue weighted by Gasteiger charge is -2.18. The van der Waals surface area contributed by atoms with Crippen molar-refractivity contribution in [3.63, 3.8) is 0 Å². The molecule has 2 atom stereocenters. The first kappa shape index (κ1) is 16.9. The van der Waals surface area contributed by atoms with Gasteiger partial charge in [-0.05, 0) is 0 Å². The van der Waals surface area contributed by atoms with Gasteiger partial charge in [0.2, 0.25) is 0 Å². The van der Waals surface area contributed by atoms with Crippen LogP contribution in [0.2, 0.25) is 0 Å². The molecule has 0 aromatic carbocycles. The van der Waals surface area contributed by atoms with Crippen LogP contribution in [-0.2, 0) is 18.6 Å². The molecule has 14 heteroatoms. The van der Waals surface area contributed by atoms with E-state index >= 15 is 0 Å². The Morgan fingerprint density at radius 3 is 1.65 bits per heavy atom. The number of nitrogens with zero attached hydrogens (tertiary/aromatic N) is 3. The molecule has 0 fully saturated rings. The average Bonchev–Trinajstić information content (AvgIpc) is 2.23.